The Bertz CT molecular complexity index is 1230. The zero-order valence-electron chi connectivity index (χ0n) is 15.7. The predicted molar refractivity (Wildman–Crippen MR) is 111 cm³/mol. The molecular weight excluding hydrogens is 369 g/mol. The first kappa shape index (κ1) is 17.6. The molecule has 5 rings (SSSR count). The second-order valence-electron chi connectivity index (χ2n) is 7.43. The SMILES string of the molecule is NC(=O)c1cnn2cc(-c3cccc4ncccc34)cc2c1N[C@@H]1CCC[C@@H]1F. The lowest BCUT2D eigenvalue weighted by Crippen LogP contribution is -2.27. The van der Waals surface area contributed by atoms with Gasteiger partial charge in [0.15, 0.2) is 0 Å². The van der Waals surface area contributed by atoms with Crippen LogP contribution >= 0.6 is 0 Å². The number of hydrogen-bond acceptors (Lipinski definition) is 4. The number of rotatable bonds is 4. The molecule has 0 saturated heterocycles. The molecule has 1 aliphatic rings. The Labute approximate surface area is 166 Å². The van der Waals surface area contributed by atoms with E-state index in [2.05, 4.69) is 15.4 Å². The predicted octanol–water partition coefficient (Wildman–Crippen LogP) is 3.95. The fraction of sp³-hybridized carbons (Fsp3) is 0.227. The lowest BCUT2D eigenvalue weighted by molar-refractivity contribution is 0.100. The van der Waals surface area contributed by atoms with Crippen molar-refractivity contribution in [2.45, 2.75) is 31.5 Å². The molecule has 3 heterocycles. The quantitative estimate of drug-likeness (QED) is 0.553. The molecule has 1 aromatic carbocycles. The van der Waals surface area contributed by atoms with Crippen LogP contribution in [0.5, 0.6) is 0 Å². The molecule has 3 aromatic heterocycles. The van der Waals surface area contributed by atoms with E-state index < -0.39 is 12.1 Å². The molecule has 1 aliphatic carbocycles. The zero-order chi connectivity index (χ0) is 20.0. The highest BCUT2D eigenvalue weighted by molar-refractivity contribution is 6.03. The Kier molecular flexibility index (Phi) is 4.16. The number of carbonyl (C=O) groups excluding carboxylic acids is 1. The summed E-state index contributed by atoms with van der Waals surface area (Å²) in [6.07, 6.45) is 6.23. The Hall–Kier alpha value is -3.48. The summed E-state index contributed by atoms with van der Waals surface area (Å²) < 4.78 is 15.9. The van der Waals surface area contributed by atoms with E-state index in [0.29, 0.717) is 17.6 Å². The Balaban J connectivity index is 1.68. The lowest BCUT2D eigenvalue weighted by Gasteiger charge is -2.19. The Morgan fingerprint density at radius 1 is 1.24 bits per heavy atom. The van der Waals surface area contributed by atoms with Crippen molar-refractivity contribution in [2.75, 3.05) is 5.32 Å². The van der Waals surface area contributed by atoms with Gasteiger partial charge in [-0.3, -0.25) is 9.78 Å². The number of anilines is 1. The van der Waals surface area contributed by atoms with Crippen LogP contribution in [0.3, 0.4) is 0 Å². The minimum absolute atomic E-state index is 0.265. The number of primary amides is 1. The monoisotopic (exact) mass is 389 g/mol. The van der Waals surface area contributed by atoms with E-state index >= 15 is 0 Å². The molecule has 1 amide bonds. The van der Waals surface area contributed by atoms with Crippen LogP contribution in [0.25, 0.3) is 27.5 Å². The minimum atomic E-state index is -0.942. The van der Waals surface area contributed by atoms with E-state index in [1.54, 1.807) is 10.7 Å². The van der Waals surface area contributed by atoms with Crippen LogP contribution in [-0.4, -0.2) is 32.7 Å². The summed E-state index contributed by atoms with van der Waals surface area (Å²) in [5, 5.41) is 8.61. The molecule has 1 fully saturated rings. The number of fused-ring (bicyclic) bond motifs is 2. The second kappa shape index (κ2) is 6.84. The van der Waals surface area contributed by atoms with Crippen molar-refractivity contribution in [1.82, 2.24) is 14.6 Å². The van der Waals surface area contributed by atoms with E-state index in [9.17, 15) is 9.18 Å². The van der Waals surface area contributed by atoms with Gasteiger partial charge in [-0.15, -0.1) is 0 Å². The van der Waals surface area contributed by atoms with Crippen LogP contribution < -0.4 is 11.1 Å². The Morgan fingerprint density at radius 3 is 2.93 bits per heavy atom. The molecule has 146 valence electrons. The van der Waals surface area contributed by atoms with E-state index in [1.165, 1.54) is 6.20 Å². The fourth-order valence-corrected chi connectivity index (χ4v) is 4.16. The lowest BCUT2D eigenvalue weighted by atomic mass is 10.0. The number of hydrogen-bond donors (Lipinski definition) is 2. The number of alkyl halides is 1. The average Bonchev–Trinajstić information content (AvgIpc) is 3.34. The third-order valence-corrected chi connectivity index (χ3v) is 5.62. The summed E-state index contributed by atoms with van der Waals surface area (Å²) in [7, 11) is 0. The maximum Gasteiger partial charge on any atom is 0.252 e. The maximum absolute atomic E-state index is 14.2. The molecule has 0 radical (unpaired) electrons. The number of aromatic nitrogens is 3. The van der Waals surface area contributed by atoms with Crippen LogP contribution in [0, 0.1) is 0 Å². The highest BCUT2D eigenvalue weighted by Crippen LogP contribution is 2.34. The highest BCUT2D eigenvalue weighted by atomic mass is 19.1. The summed E-state index contributed by atoms with van der Waals surface area (Å²) in [5.41, 5.74) is 9.91. The Morgan fingerprint density at radius 2 is 2.14 bits per heavy atom. The molecule has 2 atom stereocenters. The summed E-state index contributed by atoms with van der Waals surface area (Å²) in [5.74, 6) is -0.590. The van der Waals surface area contributed by atoms with Crippen molar-refractivity contribution in [3.8, 4) is 11.1 Å². The van der Waals surface area contributed by atoms with Crippen LogP contribution in [0.4, 0.5) is 10.1 Å². The topological polar surface area (TPSA) is 85.3 Å². The summed E-state index contributed by atoms with van der Waals surface area (Å²) in [4.78, 5) is 16.4. The second-order valence-corrected chi connectivity index (χ2v) is 7.43. The van der Waals surface area contributed by atoms with Gasteiger partial charge in [0.25, 0.3) is 5.91 Å². The largest absolute Gasteiger partial charge is 0.377 e. The van der Waals surface area contributed by atoms with Crippen LogP contribution in [0.15, 0.2) is 55.0 Å². The molecule has 0 aliphatic heterocycles. The van der Waals surface area contributed by atoms with Gasteiger partial charge in [-0.25, -0.2) is 8.91 Å². The third kappa shape index (κ3) is 2.99. The van der Waals surface area contributed by atoms with Crippen molar-refractivity contribution < 1.29 is 9.18 Å². The van der Waals surface area contributed by atoms with Crippen LogP contribution in [0.2, 0.25) is 0 Å². The number of nitrogens with two attached hydrogens (primary N) is 1. The van der Waals surface area contributed by atoms with E-state index in [4.69, 9.17) is 5.73 Å². The van der Waals surface area contributed by atoms with Crippen molar-refractivity contribution in [3.63, 3.8) is 0 Å². The normalized spacial score (nSPS) is 19.1. The number of amides is 1. The van der Waals surface area contributed by atoms with Crippen molar-refractivity contribution >= 4 is 28.0 Å². The molecule has 7 heteroatoms. The standard InChI is InChI=1S/C22H20FN5O/c23-17-6-2-8-19(17)27-21-16(22(24)29)11-26-28-12-13(10-20(21)28)14-4-1-7-18-15(14)5-3-9-25-18/h1,3-5,7,9-12,17,19,27H,2,6,8H2,(H2,24,29)/t17-,19+/m0/s1. The summed E-state index contributed by atoms with van der Waals surface area (Å²) in [6, 6.07) is 11.5. The molecule has 6 nitrogen and oxygen atoms in total. The van der Waals surface area contributed by atoms with Crippen LogP contribution in [0.1, 0.15) is 29.6 Å². The highest BCUT2D eigenvalue weighted by Gasteiger charge is 2.29. The van der Waals surface area contributed by atoms with Crippen molar-refractivity contribution in [2.24, 2.45) is 5.73 Å². The van der Waals surface area contributed by atoms with Gasteiger partial charge in [-0.05, 0) is 43.0 Å². The number of pyridine rings is 1. The average molecular weight is 389 g/mol. The maximum atomic E-state index is 14.2. The molecule has 0 bridgehead atoms. The van der Waals surface area contributed by atoms with Gasteiger partial charge in [0, 0.05) is 23.3 Å². The van der Waals surface area contributed by atoms with E-state index in [-0.39, 0.29) is 11.6 Å². The number of nitrogens with one attached hydrogen (secondary N) is 1. The van der Waals surface area contributed by atoms with Crippen molar-refractivity contribution in [3.05, 3.63) is 60.6 Å². The van der Waals surface area contributed by atoms with E-state index in [1.807, 2.05) is 42.6 Å². The van der Waals surface area contributed by atoms with E-state index in [0.717, 1.165) is 34.9 Å². The first-order valence-electron chi connectivity index (χ1n) is 9.68. The summed E-state index contributed by atoms with van der Waals surface area (Å²) in [6.45, 7) is 0. The van der Waals surface area contributed by atoms with Gasteiger partial charge < -0.3 is 11.1 Å². The smallest absolute Gasteiger partial charge is 0.252 e. The molecular formula is C22H20FN5O. The number of halogens is 1. The van der Waals surface area contributed by atoms with Crippen molar-refractivity contribution in [1.29, 1.82) is 0 Å². The van der Waals surface area contributed by atoms with Gasteiger partial charge in [-0.1, -0.05) is 18.2 Å². The zero-order valence-corrected chi connectivity index (χ0v) is 15.7. The van der Waals surface area contributed by atoms with Gasteiger partial charge in [-0.2, -0.15) is 5.10 Å². The molecule has 0 unspecified atom stereocenters. The van der Waals surface area contributed by atoms with Gasteiger partial charge >= 0.3 is 0 Å². The van der Waals surface area contributed by atoms with Gasteiger partial charge in [0.05, 0.1) is 34.5 Å². The summed E-state index contributed by atoms with van der Waals surface area (Å²) >= 11 is 0. The first-order chi connectivity index (χ1) is 14.1. The fourth-order valence-electron chi connectivity index (χ4n) is 4.16. The third-order valence-electron chi connectivity index (χ3n) is 5.62. The van der Waals surface area contributed by atoms with Crippen LogP contribution in [-0.2, 0) is 0 Å². The number of carbonyl (C=O) groups is 1. The number of nitrogens with zero attached hydrogens (tertiary/aromatic N) is 3. The molecule has 1 saturated carbocycles. The minimum Gasteiger partial charge on any atom is -0.377 e. The molecule has 29 heavy (non-hydrogen) atoms. The van der Waals surface area contributed by atoms with Gasteiger partial charge in [0.2, 0.25) is 0 Å². The molecule has 0 spiro atoms. The van der Waals surface area contributed by atoms with Gasteiger partial charge in [0.1, 0.15) is 6.17 Å². The molecule has 4 aromatic rings. The molecule has 3 N–H and O–H groups in total. The first-order valence-corrected chi connectivity index (χ1v) is 9.68. The number of benzene rings is 1.